The first kappa shape index (κ1) is 16.1. The Balaban J connectivity index is 1.56. The van der Waals surface area contributed by atoms with E-state index in [2.05, 4.69) is 15.1 Å². The maximum Gasteiger partial charge on any atom is 0.226 e. The van der Waals surface area contributed by atoms with Gasteiger partial charge in [0.05, 0.1) is 17.1 Å². The molecule has 24 heavy (non-hydrogen) atoms. The van der Waals surface area contributed by atoms with Gasteiger partial charge in [0.25, 0.3) is 0 Å². The van der Waals surface area contributed by atoms with E-state index in [1.54, 1.807) is 23.5 Å². The molecule has 3 rings (SSSR count). The monoisotopic (exact) mass is 346 g/mol. The zero-order valence-corrected chi connectivity index (χ0v) is 13.7. The van der Waals surface area contributed by atoms with Crippen LogP contribution in [0, 0.1) is 12.7 Å². The van der Waals surface area contributed by atoms with Crippen LogP contribution in [0.5, 0.6) is 0 Å². The Labute approximate surface area is 141 Å². The molecular formula is C16H15FN4O2S. The minimum Gasteiger partial charge on any atom is -0.444 e. The van der Waals surface area contributed by atoms with Crippen LogP contribution in [0.4, 0.5) is 4.39 Å². The van der Waals surface area contributed by atoms with E-state index in [4.69, 9.17) is 15.0 Å². The van der Waals surface area contributed by atoms with Gasteiger partial charge in [-0.1, -0.05) is 11.2 Å². The van der Waals surface area contributed by atoms with Gasteiger partial charge in [0, 0.05) is 10.9 Å². The Morgan fingerprint density at radius 2 is 2.25 bits per heavy atom. The Morgan fingerprint density at radius 3 is 3.00 bits per heavy atom. The molecule has 0 saturated heterocycles. The van der Waals surface area contributed by atoms with E-state index >= 15 is 0 Å². The summed E-state index contributed by atoms with van der Waals surface area (Å²) < 4.78 is 18.5. The molecule has 0 atom stereocenters. The summed E-state index contributed by atoms with van der Waals surface area (Å²) in [6.45, 7) is 2.04. The van der Waals surface area contributed by atoms with Crippen LogP contribution in [0.25, 0.3) is 11.5 Å². The van der Waals surface area contributed by atoms with Gasteiger partial charge in [0.1, 0.15) is 23.6 Å². The lowest BCUT2D eigenvalue weighted by molar-refractivity contribution is 0.127. The fraction of sp³-hybridized carbons (Fsp3) is 0.188. The van der Waals surface area contributed by atoms with Crippen molar-refractivity contribution in [3.8, 4) is 11.5 Å². The summed E-state index contributed by atoms with van der Waals surface area (Å²) in [7, 11) is 0. The molecule has 8 heteroatoms. The van der Waals surface area contributed by atoms with Gasteiger partial charge in [-0.25, -0.2) is 14.4 Å². The second kappa shape index (κ2) is 7.22. The van der Waals surface area contributed by atoms with E-state index in [9.17, 15) is 4.39 Å². The van der Waals surface area contributed by atoms with Crippen LogP contribution < -0.4 is 5.73 Å². The van der Waals surface area contributed by atoms with Crippen LogP contribution in [-0.4, -0.2) is 15.8 Å². The number of nitrogens with zero attached hydrogens (tertiary/aromatic N) is 3. The summed E-state index contributed by atoms with van der Waals surface area (Å²) in [5.74, 6) is 0.301. The summed E-state index contributed by atoms with van der Waals surface area (Å²) in [6.07, 6.45) is 1.87. The molecule has 0 bridgehead atoms. The summed E-state index contributed by atoms with van der Waals surface area (Å²) in [6, 6.07) is 6.02. The normalized spacial score (nSPS) is 11.7. The molecule has 6 nitrogen and oxygen atoms in total. The number of rotatable bonds is 6. The third-order valence-corrected chi connectivity index (χ3v) is 3.87. The third-order valence-electron chi connectivity index (χ3n) is 3.05. The lowest BCUT2D eigenvalue weighted by atomic mass is 10.2. The molecule has 0 aliphatic rings. The highest BCUT2D eigenvalue weighted by atomic mass is 32.1. The Bertz CT molecular complexity index is 859. The van der Waals surface area contributed by atoms with Gasteiger partial charge in [0.2, 0.25) is 5.89 Å². The van der Waals surface area contributed by atoms with E-state index in [1.807, 2.05) is 12.3 Å². The van der Waals surface area contributed by atoms with Crippen LogP contribution in [-0.2, 0) is 17.9 Å². The molecule has 3 aromatic rings. The Kier molecular flexibility index (Phi) is 4.85. The number of amidine groups is 1. The highest BCUT2D eigenvalue weighted by Crippen LogP contribution is 2.19. The van der Waals surface area contributed by atoms with Crippen LogP contribution >= 0.6 is 11.3 Å². The maximum absolute atomic E-state index is 13.2. The molecule has 0 radical (unpaired) electrons. The number of benzene rings is 1. The van der Waals surface area contributed by atoms with Crippen molar-refractivity contribution < 1.29 is 13.6 Å². The van der Waals surface area contributed by atoms with Crippen LogP contribution in [0.2, 0.25) is 0 Å². The number of hydrogen-bond donors (Lipinski definition) is 1. The number of hydrogen-bond acceptors (Lipinski definition) is 6. The predicted octanol–water partition coefficient (Wildman–Crippen LogP) is 3.28. The van der Waals surface area contributed by atoms with Gasteiger partial charge >= 0.3 is 0 Å². The molecule has 0 saturated carbocycles. The van der Waals surface area contributed by atoms with Gasteiger partial charge in [-0.3, -0.25) is 0 Å². The molecule has 0 fully saturated rings. The van der Waals surface area contributed by atoms with Crippen molar-refractivity contribution in [3.63, 3.8) is 0 Å². The molecule has 2 N–H and O–H groups in total. The summed E-state index contributed by atoms with van der Waals surface area (Å²) in [4.78, 5) is 13.7. The molecule has 2 heterocycles. The number of oxazole rings is 1. The smallest absolute Gasteiger partial charge is 0.226 e. The highest BCUT2D eigenvalue weighted by molar-refractivity contribution is 7.09. The molecule has 1 aromatic carbocycles. The van der Waals surface area contributed by atoms with Crippen molar-refractivity contribution >= 4 is 17.2 Å². The predicted molar refractivity (Wildman–Crippen MR) is 88.9 cm³/mol. The average Bonchev–Trinajstić information content (AvgIpc) is 3.17. The number of halogens is 1. The van der Waals surface area contributed by atoms with Crippen molar-refractivity contribution in [3.05, 3.63) is 58.1 Å². The lowest BCUT2D eigenvalue weighted by Crippen LogP contribution is -2.15. The first-order valence-electron chi connectivity index (χ1n) is 7.16. The van der Waals surface area contributed by atoms with Gasteiger partial charge in [0.15, 0.2) is 6.61 Å². The van der Waals surface area contributed by atoms with E-state index in [-0.39, 0.29) is 12.4 Å². The van der Waals surface area contributed by atoms with E-state index in [0.29, 0.717) is 29.4 Å². The van der Waals surface area contributed by atoms with E-state index < -0.39 is 0 Å². The van der Waals surface area contributed by atoms with Crippen LogP contribution in [0.1, 0.15) is 16.4 Å². The zero-order valence-electron chi connectivity index (χ0n) is 12.9. The fourth-order valence-corrected chi connectivity index (χ4v) is 2.63. The second-order valence-electron chi connectivity index (χ2n) is 5.05. The first-order chi connectivity index (χ1) is 11.6. The number of aryl methyl sites for hydroxylation is 1. The van der Waals surface area contributed by atoms with Gasteiger partial charge in [-0.15, -0.1) is 11.3 Å². The summed E-state index contributed by atoms with van der Waals surface area (Å²) in [5.41, 5.74) is 7.75. The Morgan fingerprint density at radius 1 is 1.38 bits per heavy atom. The average molecular weight is 346 g/mol. The molecule has 0 unspecified atom stereocenters. The minimum atomic E-state index is -0.349. The molecule has 0 spiro atoms. The van der Waals surface area contributed by atoms with Gasteiger partial charge in [-0.2, -0.15) is 0 Å². The topological polar surface area (TPSA) is 86.5 Å². The number of nitrogens with two attached hydrogens (primary N) is 1. The van der Waals surface area contributed by atoms with Crippen molar-refractivity contribution in [2.75, 3.05) is 0 Å². The quantitative estimate of drug-likeness (QED) is 0.420. The van der Waals surface area contributed by atoms with Crippen molar-refractivity contribution in [2.45, 2.75) is 20.0 Å². The summed E-state index contributed by atoms with van der Waals surface area (Å²) in [5, 5.41) is 6.75. The number of thiazole rings is 1. The third kappa shape index (κ3) is 4.17. The van der Waals surface area contributed by atoms with Crippen molar-refractivity contribution in [1.29, 1.82) is 0 Å². The van der Waals surface area contributed by atoms with E-state index in [0.717, 1.165) is 10.7 Å². The van der Waals surface area contributed by atoms with Crippen molar-refractivity contribution in [2.24, 2.45) is 10.9 Å². The van der Waals surface area contributed by atoms with Crippen molar-refractivity contribution in [1.82, 2.24) is 9.97 Å². The van der Waals surface area contributed by atoms with Gasteiger partial charge in [-0.05, 0) is 25.1 Å². The second-order valence-corrected chi connectivity index (χ2v) is 6.11. The SMILES string of the molecule is Cc1nc(C/C(N)=N/OCc2coc(-c3cccc(F)c3)n2)cs1. The van der Waals surface area contributed by atoms with Crippen LogP contribution in [0.3, 0.4) is 0 Å². The Hall–Kier alpha value is -2.74. The minimum absolute atomic E-state index is 0.107. The molecule has 2 aromatic heterocycles. The number of aromatic nitrogens is 2. The number of oxime groups is 1. The molecule has 0 aliphatic carbocycles. The standard InChI is InChI=1S/C16H15FN4O2S/c1-10-19-13(9-24-10)6-15(18)21-23-8-14-7-22-16(20-14)11-3-2-4-12(17)5-11/h2-5,7,9H,6,8H2,1H3,(H2,18,21). The largest absolute Gasteiger partial charge is 0.444 e. The first-order valence-corrected chi connectivity index (χ1v) is 8.04. The molecule has 124 valence electrons. The molecular weight excluding hydrogens is 331 g/mol. The fourth-order valence-electron chi connectivity index (χ4n) is 2.02. The zero-order chi connectivity index (χ0) is 16.9. The van der Waals surface area contributed by atoms with Crippen LogP contribution in [0.15, 0.2) is 45.5 Å². The maximum atomic E-state index is 13.2. The van der Waals surface area contributed by atoms with Gasteiger partial charge < -0.3 is 15.0 Å². The molecule has 0 aliphatic heterocycles. The highest BCUT2D eigenvalue weighted by Gasteiger charge is 2.08. The summed E-state index contributed by atoms with van der Waals surface area (Å²) >= 11 is 1.56. The van der Waals surface area contributed by atoms with E-state index in [1.165, 1.54) is 18.4 Å². The lowest BCUT2D eigenvalue weighted by Gasteiger charge is -1.98. The molecule has 0 amide bonds.